The molecule has 6 nitrogen and oxygen atoms in total. The summed E-state index contributed by atoms with van der Waals surface area (Å²) >= 11 is 0. The van der Waals surface area contributed by atoms with E-state index in [0.717, 1.165) is 5.56 Å². The monoisotopic (exact) mass is 325 g/mol. The largest absolute Gasteiger partial charge is 0.484 e. The molecule has 0 fully saturated rings. The molecule has 2 amide bonds. The zero-order chi connectivity index (χ0) is 17.4. The predicted molar refractivity (Wildman–Crippen MR) is 93.0 cm³/mol. The van der Waals surface area contributed by atoms with Crippen molar-refractivity contribution >= 4 is 23.2 Å². The summed E-state index contributed by atoms with van der Waals surface area (Å²) in [5.41, 5.74) is 4.65. The molecule has 24 heavy (non-hydrogen) atoms. The van der Waals surface area contributed by atoms with E-state index in [0.29, 0.717) is 17.1 Å². The van der Waals surface area contributed by atoms with Gasteiger partial charge in [0.1, 0.15) is 5.75 Å². The van der Waals surface area contributed by atoms with Crippen molar-refractivity contribution in [2.75, 3.05) is 11.9 Å². The van der Waals surface area contributed by atoms with Crippen LogP contribution in [0.5, 0.6) is 5.75 Å². The van der Waals surface area contributed by atoms with Crippen molar-refractivity contribution < 1.29 is 14.3 Å². The van der Waals surface area contributed by atoms with Crippen LogP contribution in [-0.4, -0.2) is 24.1 Å². The van der Waals surface area contributed by atoms with Crippen molar-refractivity contribution in [1.29, 1.82) is 0 Å². The van der Waals surface area contributed by atoms with Crippen molar-refractivity contribution in [3.8, 4) is 5.75 Å². The van der Waals surface area contributed by atoms with Gasteiger partial charge in [0, 0.05) is 12.6 Å². The first-order chi connectivity index (χ1) is 11.5. The smallest absolute Gasteiger partial charge is 0.277 e. The maximum atomic E-state index is 11.7. The number of ether oxygens (including phenoxy) is 1. The van der Waals surface area contributed by atoms with Gasteiger partial charge >= 0.3 is 0 Å². The van der Waals surface area contributed by atoms with Crippen LogP contribution in [0.25, 0.3) is 0 Å². The average molecular weight is 325 g/mol. The van der Waals surface area contributed by atoms with Crippen molar-refractivity contribution in [2.45, 2.75) is 13.8 Å². The van der Waals surface area contributed by atoms with Crippen LogP contribution in [0, 0.1) is 0 Å². The lowest BCUT2D eigenvalue weighted by atomic mass is 10.1. The number of hydrogen-bond acceptors (Lipinski definition) is 4. The number of nitrogens with zero attached hydrogens (tertiary/aromatic N) is 1. The van der Waals surface area contributed by atoms with E-state index >= 15 is 0 Å². The molecule has 124 valence electrons. The normalized spacial score (nSPS) is 10.8. The van der Waals surface area contributed by atoms with Gasteiger partial charge in [0.05, 0.1) is 5.71 Å². The molecule has 0 aliphatic carbocycles. The third-order valence-corrected chi connectivity index (χ3v) is 3.08. The van der Waals surface area contributed by atoms with Gasteiger partial charge in [-0.2, -0.15) is 5.10 Å². The van der Waals surface area contributed by atoms with Crippen LogP contribution >= 0.6 is 0 Å². The molecule has 0 radical (unpaired) electrons. The Bertz CT molecular complexity index is 725. The highest BCUT2D eigenvalue weighted by molar-refractivity contribution is 6.00. The average Bonchev–Trinajstić information content (AvgIpc) is 2.59. The second-order valence-corrected chi connectivity index (χ2v) is 5.09. The molecule has 2 aromatic rings. The SMILES string of the molecule is CC(=O)Nc1ccc(/C(C)=N\NC(=O)COc2ccccc2)cc1. The van der Waals surface area contributed by atoms with Gasteiger partial charge in [0.25, 0.3) is 5.91 Å². The van der Waals surface area contributed by atoms with Gasteiger partial charge in [0.2, 0.25) is 5.91 Å². The van der Waals surface area contributed by atoms with Gasteiger partial charge < -0.3 is 10.1 Å². The molecular formula is C18H19N3O3. The highest BCUT2D eigenvalue weighted by Gasteiger charge is 2.03. The van der Waals surface area contributed by atoms with E-state index in [1.807, 2.05) is 30.3 Å². The maximum absolute atomic E-state index is 11.7. The predicted octanol–water partition coefficient (Wildman–Crippen LogP) is 2.56. The van der Waals surface area contributed by atoms with Gasteiger partial charge in [-0.3, -0.25) is 9.59 Å². The lowest BCUT2D eigenvalue weighted by Gasteiger charge is -2.06. The van der Waals surface area contributed by atoms with Gasteiger partial charge in [-0.1, -0.05) is 30.3 Å². The molecule has 0 spiro atoms. The first-order valence-electron chi connectivity index (χ1n) is 7.43. The summed E-state index contributed by atoms with van der Waals surface area (Å²) in [4.78, 5) is 22.7. The van der Waals surface area contributed by atoms with E-state index in [-0.39, 0.29) is 18.4 Å². The Morgan fingerprint density at radius 1 is 1.00 bits per heavy atom. The minimum Gasteiger partial charge on any atom is -0.484 e. The fourth-order valence-corrected chi connectivity index (χ4v) is 1.91. The van der Waals surface area contributed by atoms with E-state index < -0.39 is 0 Å². The van der Waals surface area contributed by atoms with Crippen LogP contribution in [-0.2, 0) is 9.59 Å². The molecule has 0 saturated heterocycles. The number of carbonyl (C=O) groups is 2. The number of nitrogens with one attached hydrogen (secondary N) is 2. The van der Waals surface area contributed by atoms with Crippen molar-refractivity contribution in [3.05, 3.63) is 60.2 Å². The molecular weight excluding hydrogens is 306 g/mol. The third kappa shape index (κ3) is 5.57. The highest BCUT2D eigenvalue weighted by Crippen LogP contribution is 2.10. The van der Waals surface area contributed by atoms with Crippen LogP contribution in [0.15, 0.2) is 59.7 Å². The van der Waals surface area contributed by atoms with Gasteiger partial charge in [-0.25, -0.2) is 5.43 Å². The summed E-state index contributed by atoms with van der Waals surface area (Å²) in [6, 6.07) is 16.3. The lowest BCUT2D eigenvalue weighted by molar-refractivity contribution is -0.123. The summed E-state index contributed by atoms with van der Waals surface area (Å²) in [6.07, 6.45) is 0. The number of hydrazone groups is 1. The molecule has 2 rings (SSSR count). The fourth-order valence-electron chi connectivity index (χ4n) is 1.91. The molecule has 6 heteroatoms. The number of para-hydroxylation sites is 1. The standard InChI is InChI=1S/C18H19N3O3/c1-13(15-8-10-16(11-9-15)19-14(2)22)20-21-18(23)12-24-17-6-4-3-5-7-17/h3-11H,12H2,1-2H3,(H,19,22)(H,21,23)/b20-13-. The van der Waals surface area contributed by atoms with E-state index in [4.69, 9.17) is 4.74 Å². The number of amides is 2. The minimum absolute atomic E-state index is 0.109. The second-order valence-electron chi connectivity index (χ2n) is 5.09. The maximum Gasteiger partial charge on any atom is 0.277 e. The molecule has 0 aliphatic rings. The Morgan fingerprint density at radius 3 is 2.29 bits per heavy atom. The zero-order valence-corrected chi connectivity index (χ0v) is 13.6. The number of hydrogen-bond donors (Lipinski definition) is 2. The van der Waals surface area contributed by atoms with Crippen LogP contribution in [0.4, 0.5) is 5.69 Å². The Morgan fingerprint density at radius 2 is 1.67 bits per heavy atom. The fraction of sp³-hybridized carbons (Fsp3) is 0.167. The number of anilines is 1. The molecule has 0 heterocycles. The molecule has 2 N–H and O–H groups in total. The van der Waals surface area contributed by atoms with Gasteiger partial charge in [-0.05, 0) is 36.8 Å². The first-order valence-corrected chi connectivity index (χ1v) is 7.43. The summed E-state index contributed by atoms with van der Waals surface area (Å²) in [6.45, 7) is 3.13. The topological polar surface area (TPSA) is 79.8 Å². The van der Waals surface area contributed by atoms with Crippen molar-refractivity contribution in [2.24, 2.45) is 5.10 Å². The van der Waals surface area contributed by atoms with Crippen LogP contribution < -0.4 is 15.5 Å². The summed E-state index contributed by atoms with van der Waals surface area (Å²) in [5, 5.41) is 6.74. The number of benzene rings is 2. The number of rotatable bonds is 6. The van der Waals surface area contributed by atoms with Gasteiger partial charge in [-0.15, -0.1) is 0 Å². The lowest BCUT2D eigenvalue weighted by Crippen LogP contribution is -2.25. The van der Waals surface area contributed by atoms with Crippen LogP contribution in [0.1, 0.15) is 19.4 Å². The van der Waals surface area contributed by atoms with E-state index in [1.165, 1.54) is 6.92 Å². The van der Waals surface area contributed by atoms with Gasteiger partial charge in [0.15, 0.2) is 6.61 Å². The first kappa shape index (κ1) is 17.2. The summed E-state index contributed by atoms with van der Waals surface area (Å²) in [7, 11) is 0. The van der Waals surface area contributed by atoms with E-state index in [2.05, 4.69) is 15.8 Å². The molecule has 0 saturated carbocycles. The minimum atomic E-state index is -0.340. The van der Waals surface area contributed by atoms with Crippen molar-refractivity contribution in [3.63, 3.8) is 0 Å². The molecule has 2 aromatic carbocycles. The summed E-state index contributed by atoms with van der Waals surface area (Å²) in [5.74, 6) is 0.161. The van der Waals surface area contributed by atoms with Crippen LogP contribution in [0.3, 0.4) is 0 Å². The van der Waals surface area contributed by atoms with E-state index in [1.54, 1.807) is 31.2 Å². The molecule has 0 bridgehead atoms. The Labute approximate surface area is 140 Å². The van der Waals surface area contributed by atoms with Crippen molar-refractivity contribution in [1.82, 2.24) is 5.43 Å². The van der Waals surface area contributed by atoms with E-state index in [9.17, 15) is 9.59 Å². The number of carbonyl (C=O) groups excluding carboxylic acids is 2. The molecule has 0 aromatic heterocycles. The van der Waals surface area contributed by atoms with Crippen LogP contribution in [0.2, 0.25) is 0 Å². The second kappa shape index (κ2) is 8.47. The molecule has 0 atom stereocenters. The zero-order valence-electron chi connectivity index (χ0n) is 13.6. The Hall–Kier alpha value is -3.15. The Balaban J connectivity index is 1.86. The quantitative estimate of drug-likeness (QED) is 0.633. The third-order valence-electron chi connectivity index (χ3n) is 3.08. The summed E-state index contributed by atoms with van der Waals surface area (Å²) < 4.78 is 5.34. The molecule has 0 unspecified atom stereocenters. The molecule has 0 aliphatic heterocycles. The Kier molecular flexibility index (Phi) is 6.08. The highest BCUT2D eigenvalue weighted by atomic mass is 16.5.